The largest absolute Gasteiger partial charge is 0.455 e. The van der Waals surface area contributed by atoms with Crippen LogP contribution >= 0.6 is 0 Å². The third-order valence-electron chi connectivity index (χ3n) is 2.95. The van der Waals surface area contributed by atoms with Crippen LogP contribution in [0, 0.1) is 13.8 Å². The normalized spacial score (nSPS) is 11.9. The van der Waals surface area contributed by atoms with E-state index in [0.717, 1.165) is 6.42 Å². The molecule has 8 heteroatoms. The zero-order chi connectivity index (χ0) is 16.0. The topological polar surface area (TPSA) is 53.4 Å². The third-order valence-corrected chi connectivity index (χ3v) is 2.95. The monoisotopic (exact) mass is 308 g/mol. The Bertz CT molecular complexity index is 484. The smallest absolute Gasteiger partial charge is 0.385 e. The lowest BCUT2D eigenvalue weighted by atomic mass is 10.1. The Morgan fingerprint density at radius 2 is 1.90 bits per heavy atom. The van der Waals surface area contributed by atoms with E-state index in [1.54, 1.807) is 7.11 Å². The van der Waals surface area contributed by atoms with Crippen molar-refractivity contribution in [3.05, 3.63) is 17.0 Å². The maximum atomic E-state index is 12.5. The molecule has 5 nitrogen and oxygen atoms in total. The third kappa shape index (κ3) is 4.82. The van der Waals surface area contributed by atoms with Gasteiger partial charge in [-0.25, -0.2) is 0 Å². The number of rotatable bonds is 8. The highest BCUT2D eigenvalue weighted by Crippen LogP contribution is 2.25. The molecule has 0 amide bonds. The van der Waals surface area contributed by atoms with Crippen LogP contribution < -0.4 is 0 Å². The van der Waals surface area contributed by atoms with Gasteiger partial charge in [-0.05, 0) is 20.3 Å². The van der Waals surface area contributed by atoms with Crippen LogP contribution in [0.3, 0.4) is 0 Å². The predicted octanol–water partition coefficient (Wildman–Crippen LogP) is 2.30. The molecule has 1 aromatic heterocycles. The average molecular weight is 308 g/mol. The number of aryl methyl sites for hydroxylation is 1. The summed E-state index contributed by atoms with van der Waals surface area (Å²) in [6.07, 6.45) is -4.15. The fourth-order valence-electron chi connectivity index (χ4n) is 1.94. The molecule has 0 atom stereocenters. The molecule has 0 N–H and O–H groups in total. The maximum absolute atomic E-state index is 12.5. The van der Waals surface area contributed by atoms with Gasteiger partial charge < -0.3 is 9.47 Å². The highest BCUT2D eigenvalue weighted by molar-refractivity contribution is 6.02. The van der Waals surface area contributed by atoms with Gasteiger partial charge >= 0.3 is 6.18 Å². The quantitative estimate of drug-likeness (QED) is 0.546. The van der Waals surface area contributed by atoms with Crippen LogP contribution in [0.15, 0.2) is 0 Å². The molecule has 21 heavy (non-hydrogen) atoms. The summed E-state index contributed by atoms with van der Waals surface area (Å²) < 4.78 is 49.1. The van der Waals surface area contributed by atoms with E-state index in [4.69, 9.17) is 9.47 Å². The van der Waals surface area contributed by atoms with Crippen molar-refractivity contribution in [1.82, 2.24) is 9.78 Å². The Labute approximate surface area is 121 Å². The fraction of sp³-hybridized carbons (Fsp3) is 0.692. The van der Waals surface area contributed by atoms with Crippen LogP contribution in [-0.2, 0) is 16.0 Å². The Hall–Kier alpha value is -1.41. The number of Topliss-reactive ketones (excluding diaryl/α,β-unsaturated/α-hetero) is 1. The zero-order valence-corrected chi connectivity index (χ0v) is 12.3. The molecule has 0 aromatic carbocycles. The highest BCUT2D eigenvalue weighted by atomic mass is 19.4. The van der Waals surface area contributed by atoms with E-state index in [0.29, 0.717) is 26.4 Å². The first-order chi connectivity index (χ1) is 9.79. The fourth-order valence-corrected chi connectivity index (χ4v) is 1.94. The van der Waals surface area contributed by atoms with Crippen LogP contribution in [0.4, 0.5) is 13.2 Å². The number of ether oxygens (including phenoxy) is 2. The molecule has 0 radical (unpaired) electrons. The summed E-state index contributed by atoms with van der Waals surface area (Å²) >= 11 is 0. The predicted molar refractivity (Wildman–Crippen MR) is 69.4 cm³/mol. The number of carbonyl (C=O) groups excluding carboxylic acids is 1. The summed E-state index contributed by atoms with van der Waals surface area (Å²) in [6, 6.07) is 0. The number of nitrogens with zero attached hydrogens (tertiary/aromatic N) is 2. The molecule has 1 rings (SSSR count). The van der Waals surface area contributed by atoms with Gasteiger partial charge in [0.15, 0.2) is 0 Å². The zero-order valence-electron chi connectivity index (χ0n) is 12.3. The summed E-state index contributed by atoms with van der Waals surface area (Å²) in [5, 5.41) is 3.97. The number of carbonyl (C=O) groups is 1. The second kappa shape index (κ2) is 7.56. The number of hydrogen-bond acceptors (Lipinski definition) is 4. The maximum Gasteiger partial charge on any atom is 0.455 e. The first kappa shape index (κ1) is 17.6. The van der Waals surface area contributed by atoms with Crippen LogP contribution in [0.1, 0.15) is 28.2 Å². The second-order valence-electron chi connectivity index (χ2n) is 4.55. The van der Waals surface area contributed by atoms with Crippen LogP contribution in [0.2, 0.25) is 0 Å². The molecule has 0 saturated carbocycles. The summed E-state index contributed by atoms with van der Waals surface area (Å²) in [6.45, 7) is 4.54. The van der Waals surface area contributed by atoms with E-state index in [1.807, 2.05) is 0 Å². The molecule has 120 valence electrons. The molecule has 0 aliphatic heterocycles. The molecule has 0 fully saturated rings. The van der Waals surface area contributed by atoms with Gasteiger partial charge in [-0.15, -0.1) is 0 Å². The number of alkyl halides is 3. The Morgan fingerprint density at radius 3 is 2.48 bits per heavy atom. The Kier molecular flexibility index (Phi) is 6.35. The lowest BCUT2D eigenvalue weighted by molar-refractivity contribution is -0.0886. The highest BCUT2D eigenvalue weighted by Gasteiger charge is 2.42. The van der Waals surface area contributed by atoms with Crippen LogP contribution in [0.5, 0.6) is 0 Å². The lowest BCUT2D eigenvalue weighted by Crippen LogP contribution is -2.24. The number of ketones is 1. The minimum absolute atomic E-state index is 0.0780. The molecule has 0 aliphatic carbocycles. The SMILES string of the molecule is COCCCOCCn1nc(C)c(C(=O)C(F)(F)F)c1C. The molecule has 1 heterocycles. The minimum Gasteiger partial charge on any atom is -0.385 e. The molecule has 0 bridgehead atoms. The average Bonchev–Trinajstić information content (AvgIpc) is 2.67. The van der Waals surface area contributed by atoms with Gasteiger partial charge in [0, 0.05) is 26.0 Å². The minimum atomic E-state index is -4.89. The second-order valence-corrected chi connectivity index (χ2v) is 4.55. The van der Waals surface area contributed by atoms with E-state index in [1.165, 1.54) is 18.5 Å². The summed E-state index contributed by atoms with van der Waals surface area (Å²) in [4.78, 5) is 11.3. The molecule has 1 aromatic rings. The number of methoxy groups -OCH3 is 1. The van der Waals surface area contributed by atoms with Crippen LogP contribution in [0.25, 0.3) is 0 Å². The molecule has 0 spiro atoms. The lowest BCUT2D eigenvalue weighted by Gasteiger charge is -2.07. The van der Waals surface area contributed by atoms with Gasteiger partial charge in [0.05, 0.1) is 24.4 Å². The van der Waals surface area contributed by atoms with Crippen molar-refractivity contribution in [2.75, 3.05) is 26.9 Å². The Morgan fingerprint density at radius 1 is 1.24 bits per heavy atom. The van der Waals surface area contributed by atoms with Crippen molar-refractivity contribution < 1.29 is 27.4 Å². The van der Waals surface area contributed by atoms with Crippen molar-refractivity contribution >= 4 is 5.78 Å². The number of hydrogen-bond donors (Lipinski definition) is 0. The molecule has 0 unspecified atom stereocenters. The standard InChI is InChI=1S/C13H19F3N2O3/c1-9-11(12(19)13(14,15)16)10(2)18(17-9)5-8-21-7-4-6-20-3/h4-8H2,1-3H3. The first-order valence-corrected chi connectivity index (χ1v) is 6.51. The van der Waals surface area contributed by atoms with E-state index in [-0.39, 0.29) is 17.0 Å². The molecular weight excluding hydrogens is 289 g/mol. The van der Waals surface area contributed by atoms with Crippen LogP contribution in [-0.4, -0.2) is 48.7 Å². The van der Waals surface area contributed by atoms with Crippen molar-refractivity contribution in [1.29, 1.82) is 0 Å². The van der Waals surface area contributed by atoms with E-state index in [2.05, 4.69) is 5.10 Å². The molecule has 0 saturated heterocycles. The van der Waals surface area contributed by atoms with Crippen molar-refractivity contribution in [3.8, 4) is 0 Å². The summed E-state index contributed by atoms with van der Waals surface area (Å²) in [7, 11) is 1.59. The van der Waals surface area contributed by atoms with Gasteiger partial charge in [0.1, 0.15) is 0 Å². The van der Waals surface area contributed by atoms with E-state index >= 15 is 0 Å². The van der Waals surface area contributed by atoms with Crippen molar-refractivity contribution in [3.63, 3.8) is 0 Å². The number of halogens is 3. The summed E-state index contributed by atoms with van der Waals surface area (Å²) in [5.74, 6) is -1.86. The molecule has 0 aliphatic rings. The van der Waals surface area contributed by atoms with E-state index in [9.17, 15) is 18.0 Å². The van der Waals surface area contributed by atoms with Gasteiger partial charge in [0.25, 0.3) is 5.78 Å². The first-order valence-electron chi connectivity index (χ1n) is 6.51. The van der Waals surface area contributed by atoms with Gasteiger partial charge in [0.2, 0.25) is 0 Å². The van der Waals surface area contributed by atoms with Gasteiger partial charge in [-0.1, -0.05) is 0 Å². The summed E-state index contributed by atoms with van der Waals surface area (Å²) in [5.41, 5.74) is -0.0913. The van der Waals surface area contributed by atoms with Crippen molar-refractivity contribution in [2.45, 2.75) is 33.0 Å². The Balaban J connectivity index is 2.64. The molecular formula is C13H19F3N2O3. The van der Waals surface area contributed by atoms with E-state index < -0.39 is 12.0 Å². The van der Waals surface area contributed by atoms with Crippen molar-refractivity contribution in [2.24, 2.45) is 0 Å². The van der Waals surface area contributed by atoms with Gasteiger partial charge in [-0.2, -0.15) is 18.3 Å². The van der Waals surface area contributed by atoms with Gasteiger partial charge in [-0.3, -0.25) is 9.48 Å². The number of aromatic nitrogens is 2.